The van der Waals surface area contributed by atoms with Crippen LogP contribution in [-0.4, -0.2) is 24.4 Å². The first-order chi connectivity index (χ1) is 7.99. The zero-order chi connectivity index (χ0) is 12.9. The third-order valence-electron chi connectivity index (χ3n) is 3.23. The van der Waals surface area contributed by atoms with Crippen molar-refractivity contribution in [2.24, 2.45) is 5.73 Å². The molecule has 3 heteroatoms. The van der Waals surface area contributed by atoms with Crippen LogP contribution in [0.25, 0.3) is 0 Å². The van der Waals surface area contributed by atoms with Crippen molar-refractivity contribution in [2.45, 2.75) is 38.7 Å². The zero-order valence-corrected chi connectivity index (χ0v) is 10.9. The van der Waals surface area contributed by atoms with Crippen LogP contribution in [0, 0.1) is 0 Å². The molecule has 0 unspecified atom stereocenters. The van der Waals surface area contributed by atoms with Gasteiger partial charge in [-0.3, -0.25) is 0 Å². The molecule has 3 N–H and O–H groups in total. The third kappa shape index (κ3) is 4.02. The fourth-order valence-electron chi connectivity index (χ4n) is 1.47. The highest BCUT2D eigenvalue weighted by molar-refractivity contribution is 5.31. The maximum atomic E-state index is 9.29. The molecule has 0 saturated carbocycles. The summed E-state index contributed by atoms with van der Waals surface area (Å²) >= 11 is 0. The summed E-state index contributed by atoms with van der Waals surface area (Å²) in [6.45, 7) is 7.10. The van der Waals surface area contributed by atoms with Gasteiger partial charge in [-0.1, -0.05) is 32.9 Å². The second-order valence-corrected chi connectivity index (χ2v) is 4.96. The van der Waals surface area contributed by atoms with Crippen LogP contribution < -0.4 is 10.5 Å². The SMILES string of the molecule is CCC(C)(C)c1ccc(OC[C@H](O)CN)cc1. The van der Waals surface area contributed by atoms with Crippen molar-refractivity contribution in [3.8, 4) is 5.75 Å². The molecule has 0 radical (unpaired) electrons. The number of rotatable bonds is 6. The highest BCUT2D eigenvalue weighted by atomic mass is 16.5. The van der Waals surface area contributed by atoms with Crippen molar-refractivity contribution in [3.05, 3.63) is 29.8 Å². The molecule has 17 heavy (non-hydrogen) atoms. The van der Waals surface area contributed by atoms with Crippen LogP contribution in [-0.2, 0) is 5.41 Å². The summed E-state index contributed by atoms with van der Waals surface area (Å²) in [4.78, 5) is 0. The summed E-state index contributed by atoms with van der Waals surface area (Å²) in [5, 5.41) is 9.29. The molecule has 0 amide bonds. The maximum Gasteiger partial charge on any atom is 0.119 e. The number of aliphatic hydroxyl groups is 1. The maximum absolute atomic E-state index is 9.29. The highest BCUT2D eigenvalue weighted by Crippen LogP contribution is 2.27. The van der Waals surface area contributed by atoms with Crippen LogP contribution in [0.4, 0.5) is 0 Å². The van der Waals surface area contributed by atoms with Gasteiger partial charge in [-0.2, -0.15) is 0 Å². The monoisotopic (exact) mass is 237 g/mol. The Morgan fingerprint density at radius 2 is 1.88 bits per heavy atom. The van der Waals surface area contributed by atoms with E-state index in [-0.39, 0.29) is 18.6 Å². The van der Waals surface area contributed by atoms with Crippen molar-refractivity contribution in [2.75, 3.05) is 13.2 Å². The minimum absolute atomic E-state index is 0.190. The van der Waals surface area contributed by atoms with Crippen LogP contribution in [0.5, 0.6) is 5.75 Å². The molecule has 0 aliphatic heterocycles. The van der Waals surface area contributed by atoms with E-state index < -0.39 is 6.10 Å². The van der Waals surface area contributed by atoms with Crippen LogP contribution in [0.1, 0.15) is 32.8 Å². The highest BCUT2D eigenvalue weighted by Gasteiger charge is 2.17. The van der Waals surface area contributed by atoms with Gasteiger partial charge in [-0.25, -0.2) is 0 Å². The second kappa shape index (κ2) is 6.03. The molecule has 0 aliphatic carbocycles. The molecular weight excluding hydrogens is 214 g/mol. The van der Waals surface area contributed by atoms with Gasteiger partial charge >= 0.3 is 0 Å². The molecule has 0 aliphatic rings. The van der Waals surface area contributed by atoms with Crippen molar-refractivity contribution < 1.29 is 9.84 Å². The van der Waals surface area contributed by atoms with Gasteiger partial charge in [0, 0.05) is 6.54 Å². The van der Waals surface area contributed by atoms with E-state index >= 15 is 0 Å². The van der Waals surface area contributed by atoms with Crippen molar-refractivity contribution in [3.63, 3.8) is 0 Å². The minimum Gasteiger partial charge on any atom is -0.491 e. The first-order valence-corrected chi connectivity index (χ1v) is 6.11. The van der Waals surface area contributed by atoms with Crippen LogP contribution in [0.2, 0.25) is 0 Å². The van der Waals surface area contributed by atoms with E-state index in [1.54, 1.807) is 0 Å². The first kappa shape index (κ1) is 14.0. The molecule has 0 saturated heterocycles. The quantitative estimate of drug-likeness (QED) is 0.796. The molecule has 0 heterocycles. The molecule has 0 fully saturated rings. The number of aliphatic hydroxyl groups excluding tert-OH is 1. The zero-order valence-electron chi connectivity index (χ0n) is 10.9. The number of nitrogens with two attached hydrogens (primary N) is 1. The van der Waals surface area contributed by atoms with Gasteiger partial charge in [0.05, 0.1) is 0 Å². The molecule has 1 aromatic carbocycles. The van der Waals surface area contributed by atoms with Gasteiger partial charge in [-0.05, 0) is 29.5 Å². The summed E-state index contributed by atoms with van der Waals surface area (Å²) in [7, 11) is 0. The summed E-state index contributed by atoms with van der Waals surface area (Å²) < 4.78 is 5.43. The normalized spacial score (nSPS) is 13.5. The summed E-state index contributed by atoms with van der Waals surface area (Å²) in [5.41, 5.74) is 6.79. The molecule has 1 atom stereocenters. The lowest BCUT2D eigenvalue weighted by Crippen LogP contribution is -2.26. The van der Waals surface area contributed by atoms with Gasteiger partial charge in [0.2, 0.25) is 0 Å². The Hall–Kier alpha value is -1.06. The Bertz CT molecular complexity index is 333. The Kier molecular flexibility index (Phi) is 4.97. The summed E-state index contributed by atoms with van der Waals surface area (Å²) in [5.74, 6) is 0.771. The van der Waals surface area contributed by atoms with Crippen molar-refractivity contribution >= 4 is 0 Å². The van der Waals surface area contributed by atoms with Crippen LogP contribution in [0.3, 0.4) is 0 Å². The summed E-state index contributed by atoms with van der Waals surface area (Å²) in [6, 6.07) is 8.04. The van der Waals surface area contributed by atoms with Gasteiger partial charge < -0.3 is 15.6 Å². The lowest BCUT2D eigenvalue weighted by Gasteiger charge is -2.23. The average Bonchev–Trinajstić information content (AvgIpc) is 2.36. The topological polar surface area (TPSA) is 55.5 Å². The molecule has 1 rings (SSSR count). The Labute approximate surface area is 104 Å². The van der Waals surface area contributed by atoms with E-state index in [2.05, 4.69) is 32.9 Å². The largest absolute Gasteiger partial charge is 0.491 e. The lowest BCUT2D eigenvalue weighted by atomic mass is 9.82. The van der Waals surface area contributed by atoms with E-state index in [0.29, 0.717) is 0 Å². The van der Waals surface area contributed by atoms with Gasteiger partial charge in [0.25, 0.3) is 0 Å². The lowest BCUT2D eigenvalue weighted by molar-refractivity contribution is 0.114. The number of hydrogen-bond acceptors (Lipinski definition) is 3. The molecular formula is C14H23NO2. The molecule has 0 bridgehead atoms. The van der Waals surface area contributed by atoms with Gasteiger partial charge in [-0.15, -0.1) is 0 Å². The van der Waals surface area contributed by atoms with Crippen molar-refractivity contribution in [1.82, 2.24) is 0 Å². The average molecular weight is 237 g/mol. The number of hydrogen-bond donors (Lipinski definition) is 2. The molecule has 0 aromatic heterocycles. The smallest absolute Gasteiger partial charge is 0.119 e. The molecule has 3 nitrogen and oxygen atoms in total. The van der Waals surface area contributed by atoms with E-state index in [1.165, 1.54) is 5.56 Å². The third-order valence-corrected chi connectivity index (χ3v) is 3.23. The number of ether oxygens (including phenoxy) is 1. The van der Waals surface area contributed by atoms with Crippen molar-refractivity contribution in [1.29, 1.82) is 0 Å². The molecule has 96 valence electrons. The fraction of sp³-hybridized carbons (Fsp3) is 0.571. The predicted molar refractivity (Wildman–Crippen MR) is 70.3 cm³/mol. The van der Waals surface area contributed by atoms with E-state index in [0.717, 1.165) is 12.2 Å². The van der Waals surface area contributed by atoms with Gasteiger partial charge in [0.1, 0.15) is 18.5 Å². The van der Waals surface area contributed by atoms with Gasteiger partial charge in [0.15, 0.2) is 0 Å². The Morgan fingerprint density at radius 1 is 1.29 bits per heavy atom. The number of benzene rings is 1. The molecule has 0 spiro atoms. The standard InChI is InChI=1S/C14H23NO2/c1-4-14(2,3)11-5-7-13(8-6-11)17-10-12(16)9-15/h5-8,12,16H,4,9-10,15H2,1-3H3/t12-/m1/s1. The molecule has 1 aromatic rings. The predicted octanol–water partition coefficient (Wildman–Crippen LogP) is 2.07. The van der Waals surface area contributed by atoms with E-state index in [1.807, 2.05) is 12.1 Å². The van der Waals surface area contributed by atoms with E-state index in [4.69, 9.17) is 10.5 Å². The van der Waals surface area contributed by atoms with Crippen LogP contribution >= 0.6 is 0 Å². The van der Waals surface area contributed by atoms with E-state index in [9.17, 15) is 5.11 Å². The second-order valence-electron chi connectivity index (χ2n) is 4.96. The first-order valence-electron chi connectivity index (χ1n) is 6.11. The fourth-order valence-corrected chi connectivity index (χ4v) is 1.47. The minimum atomic E-state index is -0.596. The van der Waals surface area contributed by atoms with Crippen LogP contribution in [0.15, 0.2) is 24.3 Å². The Balaban J connectivity index is 2.62. The Morgan fingerprint density at radius 3 is 2.35 bits per heavy atom. The summed E-state index contributed by atoms with van der Waals surface area (Å²) in [6.07, 6.45) is 0.501.